The van der Waals surface area contributed by atoms with Crippen molar-refractivity contribution in [3.8, 4) is 0 Å². The van der Waals surface area contributed by atoms with E-state index in [2.05, 4.69) is 10.3 Å². The summed E-state index contributed by atoms with van der Waals surface area (Å²) in [6, 6.07) is 5.62. The highest BCUT2D eigenvalue weighted by atomic mass is 32.2. The molecular weight excluding hydrogens is 346 g/mol. The predicted octanol–water partition coefficient (Wildman–Crippen LogP) is 1.44. The van der Waals surface area contributed by atoms with Gasteiger partial charge in [0.05, 0.1) is 29.3 Å². The van der Waals surface area contributed by atoms with Crippen LogP contribution < -0.4 is 5.32 Å². The Hall–Kier alpha value is -1.54. The van der Waals surface area contributed by atoms with Gasteiger partial charge in [0.25, 0.3) is 0 Å². The molecule has 2 heterocycles. The molecular formula is C16H21N3O3S2. The third-order valence-corrected chi connectivity index (χ3v) is 7.11. The molecule has 2 aliphatic rings. The van der Waals surface area contributed by atoms with Crippen LogP contribution in [0, 0.1) is 13.8 Å². The van der Waals surface area contributed by atoms with E-state index in [1.165, 1.54) is 11.8 Å². The van der Waals surface area contributed by atoms with E-state index >= 15 is 0 Å². The monoisotopic (exact) mass is 367 g/mol. The van der Waals surface area contributed by atoms with Gasteiger partial charge in [0.2, 0.25) is 5.91 Å². The Morgan fingerprint density at radius 3 is 2.79 bits per heavy atom. The van der Waals surface area contributed by atoms with Crippen LogP contribution in [0.15, 0.2) is 23.2 Å². The van der Waals surface area contributed by atoms with Gasteiger partial charge in [-0.25, -0.2) is 8.42 Å². The standard InChI is InChI=1S/C16H21N3O3S2/c1-10-4-5-12(11(2)6-10)17-15(20)7-23-16-18-13-8-24(21,22)9-14(13)19(16)3/h4-6,13-14H,7-9H2,1-3H3,(H,17,20)/t13-,14-/m0/s1. The Morgan fingerprint density at radius 2 is 2.12 bits per heavy atom. The lowest BCUT2D eigenvalue weighted by Crippen LogP contribution is -2.35. The van der Waals surface area contributed by atoms with Gasteiger partial charge in [-0.15, -0.1) is 0 Å². The van der Waals surface area contributed by atoms with E-state index in [1.54, 1.807) is 0 Å². The molecule has 0 unspecified atom stereocenters. The molecule has 130 valence electrons. The Bertz CT molecular complexity index is 805. The third kappa shape index (κ3) is 3.59. The van der Waals surface area contributed by atoms with Crippen molar-refractivity contribution in [2.45, 2.75) is 25.9 Å². The molecule has 3 rings (SSSR count). The Balaban J connectivity index is 1.57. The Kier molecular flexibility index (Phi) is 4.61. The second kappa shape index (κ2) is 6.40. The van der Waals surface area contributed by atoms with Crippen molar-refractivity contribution in [3.63, 3.8) is 0 Å². The molecule has 0 aromatic heterocycles. The van der Waals surface area contributed by atoms with Crippen molar-refractivity contribution < 1.29 is 13.2 Å². The number of amides is 1. The molecule has 8 heteroatoms. The summed E-state index contributed by atoms with van der Waals surface area (Å²) in [5.74, 6) is 0.424. The largest absolute Gasteiger partial charge is 0.348 e. The predicted molar refractivity (Wildman–Crippen MR) is 98.4 cm³/mol. The first kappa shape index (κ1) is 17.3. The van der Waals surface area contributed by atoms with Gasteiger partial charge in [-0.3, -0.25) is 9.79 Å². The molecule has 1 saturated heterocycles. The van der Waals surface area contributed by atoms with Crippen LogP contribution in [0.4, 0.5) is 5.69 Å². The van der Waals surface area contributed by atoms with Crippen molar-refractivity contribution in [2.75, 3.05) is 29.6 Å². The fourth-order valence-electron chi connectivity index (χ4n) is 3.09. The number of benzene rings is 1. The molecule has 1 aromatic carbocycles. The van der Waals surface area contributed by atoms with Crippen LogP contribution in [0.1, 0.15) is 11.1 Å². The minimum absolute atomic E-state index is 0.0834. The molecule has 2 atom stereocenters. The highest BCUT2D eigenvalue weighted by Gasteiger charge is 2.45. The third-order valence-electron chi connectivity index (χ3n) is 4.36. The first-order valence-corrected chi connectivity index (χ1v) is 10.6. The van der Waals surface area contributed by atoms with E-state index < -0.39 is 9.84 Å². The normalized spacial score (nSPS) is 24.6. The van der Waals surface area contributed by atoms with E-state index in [9.17, 15) is 13.2 Å². The van der Waals surface area contributed by atoms with Crippen LogP contribution in [-0.2, 0) is 14.6 Å². The summed E-state index contributed by atoms with van der Waals surface area (Å²) in [4.78, 5) is 18.5. The molecule has 6 nitrogen and oxygen atoms in total. The average molecular weight is 367 g/mol. The molecule has 1 aromatic rings. The lowest BCUT2D eigenvalue weighted by atomic mass is 10.1. The number of nitrogens with one attached hydrogen (secondary N) is 1. The number of nitrogens with zero attached hydrogens (tertiary/aromatic N) is 2. The molecule has 0 radical (unpaired) electrons. The molecule has 2 aliphatic heterocycles. The second-order valence-corrected chi connectivity index (χ2v) is 9.49. The number of sulfone groups is 1. The maximum atomic E-state index is 12.2. The zero-order valence-electron chi connectivity index (χ0n) is 13.9. The molecule has 1 amide bonds. The number of carbonyl (C=O) groups is 1. The van der Waals surface area contributed by atoms with Crippen molar-refractivity contribution in [1.82, 2.24) is 4.90 Å². The van der Waals surface area contributed by atoms with Crippen LogP contribution in [0.2, 0.25) is 0 Å². The molecule has 0 bridgehead atoms. The first-order chi connectivity index (χ1) is 11.2. The van der Waals surface area contributed by atoms with Crippen molar-refractivity contribution in [3.05, 3.63) is 29.3 Å². The fraction of sp³-hybridized carbons (Fsp3) is 0.500. The number of hydrogen-bond donors (Lipinski definition) is 1. The Labute approximate surface area is 146 Å². The number of carbonyl (C=O) groups excluding carboxylic acids is 1. The average Bonchev–Trinajstić information content (AvgIpc) is 2.93. The number of anilines is 1. The summed E-state index contributed by atoms with van der Waals surface area (Å²) >= 11 is 1.35. The number of aryl methyl sites for hydroxylation is 2. The van der Waals surface area contributed by atoms with E-state index in [0.717, 1.165) is 22.0 Å². The van der Waals surface area contributed by atoms with Crippen molar-refractivity contribution >= 4 is 38.4 Å². The quantitative estimate of drug-likeness (QED) is 0.875. The highest BCUT2D eigenvalue weighted by molar-refractivity contribution is 8.14. The number of thioether (sulfide) groups is 1. The molecule has 0 saturated carbocycles. The summed E-state index contributed by atoms with van der Waals surface area (Å²) < 4.78 is 23.3. The van der Waals surface area contributed by atoms with Crippen LogP contribution in [0.25, 0.3) is 0 Å². The fourth-order valence-corrected chi connectivity index (χ4v) is 5.89. The van der Waals surface area contributed by atoms with Gasteiger partial charge >= 0.3 is 0 Å². The van der Waals surface area contributed by atoms with Gasteiger partial charge in [-0.1, -0.05) is 29.5 Å². The summed E-state index contributed by atoms with van der Waals surface area (Å²) in [5.41, 5.74) is 3.00. The minimum atomic E-state index is -2.98. The van der Waals surface area contributed by atoms with Gasteiger partial charge in [0.15, 0.2) is 15.0 Å². The molecule has 24 heavy (non-hydrogen) atoms. The highest BCUT2D eigenvalue weighted by Crippen LogP contribution is 2.29. The first-order valence-electron chi connectivity index (χ1n) is 7.76. The van der Waals surface area contributed by atoms with E-state index in [4.69, 9.17) is 0 Å². The molecule has 0 spiro atoms. The van der Waals surface area contributed by atoms with Crippen LogP contribution in [0.3, 0.4) is 0 Å². The molecule has 0 aliphatic carbocycles. The maximum Gasteiger partial charge on any atom is 0.234 e. The number of hydrogen-bond acceptors (Lipinski definition) is 6. The van der Waals surface area contributed by atoms with Gasteiger partial charge in [-0.2, -0.15) is 0 Å². The topological polar surface area (TPSA) is 78.8 Å². The van der Waals surface area contributed by atoms with Gasteiger partial charge in [-0.05, 0) is 25.5 Å². The smallest absolute Gasteiger partial charge is 0.234 e. The summed E-state index contributed by atoms with van der Waals surface area (Å²) in [6.45, 7) is 3.98. The zero-order chi connectivity index (χ0) is 17.5. The van der Waals surface area contributed by atoms with Gasteiger partial charge < -0.3 is 10.2 Å². The minimum Gasteiger partial charge on any atom is -0.348 e. The van der Waals surface area contributed by atoms with Gasteiger partial charge in [0.1, 0.15) is 0 Å². The summed E-state index contributed by atoms with van der Waals surface area (Å²) in [6.07, 6.45) is 0. The molecule has 1 N–H and O–H groups in total. The number of fused-ring (bicyclic) bond motifs is 1. The summed E-state index contributed by atoms with van der Waals surface area (Å²) in [7, 11) is -1.13. The van der Waals surface area contributed by atoms with Crippen LogP contribution in [-0.4, -0.2) is 60.8 Å². The van der Waals surface area contributed by atoms with Crippen molar-refractivity contribution in [2.24, 2.45) is 4.99 Å². The lowest BCUT2D eigenvalue weighted by molar-refractivity contribution is -0.113. The van der Waals surface area contributed by atoms with E-state index in [1.807, 2.05) is 44.0 Å². The number of rotatable bonds is 3. The van der Waals surface area contributed by atoms with Gasteiger partial charge in [0, 0.05) is 12.7 Å². The SMILES string of the molecule is Cc1ccc(NC(=O)CSC2=N[C@H]3CS(=O)(=O)C[C@@H]3N2C)c(C)c1. The number of likely N-dealkylation sites (N-methyl/N-ethyl adjacent to an activating group) is 1. The Morgan fingerprint density at radius 1 is 1.38 bits per heavy atom. The maximum absolute atomic E-state index is 12.2. The zero-order valence-corrected chi connectivity index (χ0v) is 15.6. The summed E-state index contributed by atoms with van der Waals surface area (Å²) in [5, 5.41) is 3.66. The number of aliphatic imine (C=N–C) groups is 1. The van der Waals surface area contributed by atoms with Crippen LogP contribution in [0.5, 0.6) is 0 Å². The van der Waals surface area contributed by atoms with Crippen molar-refractivity contribution in [1.29, 1.82) is 0 Å². The second-order valence-electron chi connectivity index (χ2n) is 6.39. The van der Waals surface area contributed by atoms with E-state index in [-0.39, 0.29) is 35.2 Å². The number of amidine groups is 1. The van der Waals surface area contributed by atoms with E-state index in [0.29, 0.717) is 0 Å². The van der Waals surface area contributed by atoms with Crippen LogP contribution >= 0.6 is 11.8 Å². The molecule has 1 fully saturated rings. The lowest BCUT2D eigenvalue weighted by Gasteiger charge is -2.20.